The Morgan fingerprint density at radius 2 is 1.52 bits per heavy atom. The molecular formula is C20H23N3O2. The summed E-state index contributed by atoms with van der Waals surface area (Å²) in [6, 6.07) is 13.3. The highest BCUT2D eigenvalue weighted by Crippen LogP contribution is 2.22. The van der Waals surface area contributed by atoms with Crippen molar-refractivity contribution in [3.8, 4) is 0 Å². The molecule has 1 fully saturated rings. The van der Waals surface area contributed by atoms with Crippen molar-refractivity contribution in [1.82, 2.24) is 0 Å². The Morgan fingerprint density at radius 1 is 0.880 bits per heavy atom. The standard InChI is InChI=1S/C20H23N3O2/c1-14-5-6-15(2)18(13-14)22-20(25)19(24)21-16-7-9-17(10-8-16)23-11-3-4-12-23/h5-10,13H,3-4,11-12H2,1-2H3,(H,21,24)(H,22,25). The van der Waals surface area contributed by atoms with Crippen LogP contribution in [0.3, 0.4) is 0 Å². The fraction of sp³-hybridized carbons (Fsp3) is 0.300. The number of hydrogen-bond acceptors (Lipinski definition) is 3. The lowest BCUT2D eigenvalue weighted by Gasteiger charge is -2.17. The molecule has 25 heavy (non-hydrogen) atoms. The quantitative estimate of drug-likeness (QED) is 0.843. The molecule has 1 aliphatic rings. The van der Waals surface area contributed by atoms with E-state index in [1.807, 2.05) is 56.3 Å². The average molecular weight is 337 g/mol. The molecule has 2 amide bonds. The Kier molecular flexibility index (Phi) is 5.03. The van der Waals surface area contributed by atoms with Crippen molar-refractivity contribution in [2.45, 2.75) is 26.7 Å². The molecule has 2 aromatic carbocycles. The molecule has 1 heterocycles. The van der Waals surface area contributed by atoms with Crippen LogP contribution in [-0.4, -0.2) is 24.9 Å². The molecule has 1 aliphatic heterocycles. The number of amides is 2. The highest BCUT2D eigenvalue weighted by atomic mass is 16.2. The second-order valence-corrected chi connectivity index (χ2v) is 6.47. The number of rotatable bonds is 3. The monoisotopic (exact) mass is 337 g/mol. The lowest BCUT2D eigenvalue weighted by molar-refractivity contribution is -0.133. The Morgan fingerprint density at radius 3 is 2.20 bits per heavy atom. The van der Waals surface area contributed by atoms with Gasteiger partial charge in [0.2, 0.25) is 0 Å². The van der Waals surface area contributed by atoms with Gasteiger partial charge < -0.3 is 15.5 Å². The van der Waals surface area contributed by atoms with Crippen molar-refractivity contribution in [2.24, 2.45) is 0 Å². The third kappa shape index (κ3) is 4.18. The summed E-state index contributed by atoms with van der Waals surface area (Å²) in [6.07, 6.45) is 2.44. The average Bonchev–Trinajstić information content (AvgIpc) is 3.13. The van der Waals surface area contributed by atoms with Gasteiger partial charge >= 0.3 is 11.8 Å². The minimum absolute atomic E-state index is 0.615. The summed E-state index contributed by atoms with van der Waals surface area (Å²) < 4.78 is 0. The minimum atomic E-state index is -0.671. The molecule has 2 aromatic rings. The van der Waals surface area contributed by atoms with E-state index in [-0.39, 0.29) is 0 Å². The maximum absolute atomic E-state index is 12.1. The predicted molar refractivity (Wildman–Crippen MR) is 101 cm³/mol. The zero-order valence-electron chi connectivity index (χ0n) is 14.6. The Bertz CT molecular complexity index is 778. The van der Waals surface area contributed by atoms with Gasteiger partial charge in [0.15, 0.2) is 0 Å². The first-order chi connectivity index (χ1) is 12.0. The Hall–Kier alpha value is -2.82. The van der Waals surface area contributed by atoms with Crippen molar-refractivity contribution >= 4 is 28.9 Å². The number of carbonyl (C=O) groups is 2. The van der Waals surface area contributed by atoms with E-state index in [1.165, 1.54) is 12.8 Å². The lowest BCUT2D eigenvalue weighted by Crippen LogP contribution is -2.29. The van der Waals surface area contributed by atoms with E-state index in [9.17, 15) is 9.59 Å². The zero-order chi connectivity index (χ0) is 17.8. The summed E-state index contributed by atoms with van der Waals surface area (Å²) in [5.41, 5.74) is 4.37. The molecule has 5 heteroatoms. The van der Waals surface area contributed by atoms with Gasteiger partial charge in [0.05, 0.1) is 0 Å². The fourth-order valence-electron chi connectivity index (χ4n) is 2.97. The van der Waals surface area contributed by atoms with E-state index in [0.29, 0.717) is 11.4 Å². The largest absolute Gasteiger partial charge is 0.372 e. The molecule has 2 N–H and O–H groups in total. The van der Waals surface area contributed by atoms with Crippen LogP contribution in [-0.2, 0) is 9.59 Å². The van der Waals surface area contributed by atoms with Gasteiger partial charge in [-0.05, 0) is 68.1 Å². The van der Waals surface area contributed by atoms with E-state index in [2.05, 4.69) is 15.5 Å². The molecule has 0 spiro atoms. The van der Waals surface area contributed by atoms with E-state index in [1.54, 1.807) is 0 Å². The predicted octanol–water partition coefficient (Wildman–Crippen LogP) is 3.48. The minimum Gasteiger partial charge on any atom is -0.372 e. The molecule has 0 atom stereocenters. The second kappa shape index (κ2) is 7.38. The molecule has 0 unspecified atom stereocenters. The highest BCUT2D eigenvalue weighted by molar-refractivity contribution is 6.43. The maximum atomic E-state index is 12.1. The number of hydrogen-bond donors (Lipinski definition) is 2. The fourth-order valence-corrected chi connectivity index (χ4v) is 2.97. The molecular weight excluding hydrogens is 314 g/mol. The SMILES string of the molecule is Cc1ccc(C)c(NC(=O)C(=O)Nc2ccc(N3CCCC3)cc2)c1. The first-order valence-corrected chi connectivity index (χ1v) is 8.57. The first-order valence-electron chi connectivity index (χ1n) is 8.57. The third-order valence-electron chi connectivity index (χ3n) is 4.44. The molecule has 130 valence electrons. The van der Waals surface area contributed by atoms with Gasteiger partial charge in [-0.1, -0.05) is 12.1 Å². The molecule has 0 radical (unpaired) electrons. The summed E-state index contributed by atoms with van der Waals surface area (Å²) in [5.74, 6) is -1.34. The van der Waals surface area contributed by atoms with Crippen LogP contribution in [0, 0.1) is 13.8 Å². The van der Waals surface area contributed by atoms with Gasteiger partial charge in [-0.3, -0.25) is 9.59 Å². The molecule has 5 nitrogen and oxygen atoms in total. The lowest BCUT2D eigenvalue weighted by atomic mass is 10.1. The molecule has 0 aromatic heterocycles. The van der Waals surface area contributed by atoms with Crippen molar-refractivity contribution < 1.29 is 9.59 Å². The smallest absolute Gasteiger partial charge is 0.314 e. The summed E-state index contributed by atoms with van der Waals surface area (Å²) >= 11 is 0. The molecule has 1 saturated heterocycles. The van der Waals surface area contributed by atoms with Crippen molar-refractivity contribution in [3.05, 3.63) is 53.6 Å². The van der Waals surface area contributed by atoms with Crippen molar-refractivity contribution in [2.75, 3.05) is 28.6 Å². The molecule has 3 rings (SSSR count). The topological polar surface area (TPSA) is 61.4 Å². The number of benzene rings is 2. The number of aryl methyl sites for hydroxylation is 2. The van der Waals surface area contributed by atoms with Gasteiger partial charge in [0.1, 0.15) is 0 Å². The number of nitrogens with zero attached hydrogens (tertiary/aromatic N) is 1. The van der Waals surface area contributed by atoms with E-state index in [0.717, 1.165) is 29.9 Å². The van der Waals surface area contributed by atoms with E-state index in [4.69, 9.17) is 0 Å². The van der Waals surface area contributed by atoms with Crippen LogP contribution in [0.4, 0.5) is 17.1 Å². The van der Waals surface area contributed by atoms with Crippen LogP contribution < -0.4 is 15.5 Å². The van der Waals surface area contributed by atoms with Gasteiger partial charge in [0.25, 0.3) is 0 Å². The number of anilines is 3. The highest BCUT2D eigenvalue weighted by Gasteiger charge is 2.16. The van der Waals surface area contributed by atoms with Gasteiger partial charge in [-0.15, -0.1) is 0 Å². The normalized spacial score (nSPS) is 13.6. The van der Waals surface area contributed by atoms with E-state index < -0.39 is 11.8 Å². The summed E-state index contributed by atoms with van der Waals surface area (Å²) in [5, 5.41) is 5.31. The maximum Gasteiger partial charge on any atom is 0.314 e. The molecule has 0 saturated carbocycles. The number of carbonyl (C=O) groups excluding carboxylic acids is 2. The third-order valence-corrected chi connectivity index (χ3v) is 4.44. The second-order valence-electron chi connectivity index (χ2n) is 6.47. The van der Waals surface area contributed by atoms with E-state index >= 15 is 0 Å². The van der Waals surface area contributed by atoms with Crippen LogP contribution in [0.2, 0.25) is 0 Å². The molecule has 0 bridgehead atoms. The van der Waals surface area contributed by atoms with Gasteiger partial charge in [-0.25, -0.2) is 0 Å². The van der Waals surface area contributed by atoms with Crippen molar-refractivity contribution in [3.63, 3.8) is 0 Å². The zero-order valence-corrected chi connectivity index (χ0v) is 14.6. The summed E-state index contributed by atoms with van der Waals surface area (Å²) in [4.78, 5) is 26.6. The summed E-state index contributed by atoms with van der Waals surface area (Å²) in [6.45, 7) is 5.98. The summed E-state index contributed by atoms with van der Waals surface area (Å²) in [7, 11) is 0. The van der Waals surface area contributed by atoms with Crippen LogP contribution in [0.5, 0.6) is 0 Å². The van der Waals surface area contributed by atoms with Gasteiger partial charge in [-0.2, -0.15) is 0 Å². The Labute approximate surface area is 148 Å². The van der Waals surface area contributed by atoms with Crippen molar-refractivity contribution in [1.29, 1.82) is 0 Å². The Balaban J connectivity index is 1.61. The molecule has 0 aliphatic carbocycles. The van der Waals surface area contributed by atoms with Crippen LogP contribution in [0.25, 0.3) is 0 Å². The van der Waals surface area contributed by atoms with Gasteiger partial charge in [0, 0.05) is 30.2 Å². The van der Waals surface area contributed by atoms with Crippen LogP contribution in [0.1, 0.15) is 24.0 Å². The van der Waals surface area contributed by atoms with Crippen LogP contribution >= 0.6 is 0 Å². The van der Waals surface area contributed by atoms with Crippen LogP contribution in [0.15, 0.2) is 42.5 Å². The number of nitrogens with one attached hydrogen (secondary N) is 2. The first kappa shape index (κ1) is 17.0.